The Morgan fingerprint density at radius 3 is 2.21 bits per heavy atom. The third-order valence-electron chi connectivity index (χ3n) is 5.54. The number of benzene rings is 2. The highest BCUT2D eigenvalue weighted by Crippen LogP contribution is 2.24. The first kappa shape index (κ1) is 26.4. The van der Waals surface area contributed by atoms with E-state index in [2.05, 4.69) is 20.8 Å². The van der Waals surface area contributed by atoms with Crippen molar-refractivity contribution >= 4 is 11.9 Å². The van der Waals surface area contributed by atoms with Crippen molar-refractivity contribution in [3.05, 3.63) is 59.7 Å². The number of carbonyl (C=O) groups is 2. The number of unbranched alkanes of at least 4 members (excludes halogenated alkanes) is 3. The van der Waals surface area contributed by atoms with Crippen molar-refractivity contribution in [2.75, 3.05) is 0 Å². The summed E-state index contributed by atoms with van der Waals surface area (Å²) in [6, 6.07) is 13.6. The van der Waals surface area contributed by atoms with Gasteiger partial charge in [-0.2, -0.15) is 0 Å². The lowest BCUT2D eigenvalue weighted by atomic mass is 10.1. The van der Waals surface area contributed by atoms with Crippen LogP contribution in [0.5, 0.6) is 11.5 Å². The Bertz CT molecular complexity index is 859. The van der Waals surface area contributed by atoms with Gasteiger partial charge in [0.15, 0.2) is 0 Å². The molecule has 0 bridgehead atoms. The lowest BCUT2D eigenvalue weighted by Crippen LogP contribution is -2.18. The van der Waals surface area contributed by atoms with E-state index in [0.717, 1.165) is 38.5 Å². The summed E-state index contributed by atoms with van der Waals surface area (Å²) < 4.78 is 17.1. The fourth-order valence-corrected chi connectivity index (χ4v) is 3.58. The summed E-state index contributed by atoms with van der Waals surface area (Å²) in [4.78, 5) is 25.2. The summed E-state index contributed by atoms with van der Waals surface area (Å²) in [5, 5.41) is 0. The van der Waals surface area contributed by atoms with Crippen LogP contribution in [0.25, 0.3) is 0 Å². The molecule has 0 N–H and O–H groups in total. The van der Waals surface area contributed by atoms with E-state index in [-0.39, 0.29) is 18.2 Å². The largest absolute Gasteiger partial charge is 0.490 e. The Kier molecular flexibility index (Phi) is 11.5. The molecular formula is C28H38O5. The molecule has 0 aliphatic rings. The molecule has 2 atom stereocenters. The van der Waals surface area contributed by atoms with Crippen molar-refractivity contribution in [1.82, 2.24) is 0 Å². The Labute approximate surface area is 198 Å². The normalized spacial score (nSPS) is 12.6. The SMILES string of the molecule is CCCCCCC(C)OC(=O)c1ccc(OC(=O)c2ccccc2O[C@@H](CC)CCC)cc1. The number of carbonyl (C=O) groups excluding carboxylic acids is 2. The molecule has 5 heteroatoms. The van der Waals surface area contributed by atoms with Crippen LogP contribution < -0.4 is 9.47 Å². The van der Waals surface area contributed by atoms with Crippen molar-refractivity contribution < 1.29 is 23.8 Å². The molecule has 0 saturated heterocycles. The lowest BCUT2D eigenvalue weighted by Gasteiger charge is -2.18. The maximum Gasteiger partial charge on any atom is 0.347 e. The molecule has 0 aliphatic carbocycles. The minimum absolute atomic E-state index is 0.0586. The molecule has 0 heterocycles. The molecule has 0 spiro atoms. The van der Waals surface area contributed by atoms with Gasteiger partial charge in [0.2, 0.25) is 0 Å². The van der Waals surface area contributed by atoms with Crippen LogP contribution in [0.3, 0.4) is 0 Å². The van der Waals surface area contributed by atoms with Crippen LogP contribution in [0.2, 0.25) is 0 Å². The smallest absolute Gasteiger partial charge is 0.347 e. The monoisotopic (exact) mass is 454 g/mol. The van der Waals surface area contributed by atoms with E-state index in [1.807, 2.05) is 13.0 Å². The van der Waals surface area contributed by atoms with E-state index >= 15 is 0 Å². The van der Waals surface area contributed by atoms with Gasteiger partial charge in [-0.15, -0.1) is 0 Å². The van der Waals surface area contributed by atoms with E-state index in [9.17, 15) is 9.59 Å². The second-order valence-corrected chi connectivity index (χ2v) is 8.41. The Balaban J connectivity index is 1.96. The number of hydrogen-bond acceptors (Lipinski definition) is 5. The van der Waals surface area contributed by atoms with Crippen molar-refractivity contribution in [2.45, 2.75) is 91.3 Å². The minimum atomic E-state index is -0.493. The Morgan fingerprint density at radius 1 is 0.818 bits per heavy atom. The number of ether oxygens (including phenoxy) is 3. The molecule has 0 amide bonds. The molecule has 0 saturated carbocycles. The molecule has 0 fully saturated rings. The van der Waals surface area contributed by atoms with Crippen molar-refractivity contribution in [2.24, 2.45) is 0 Å². The first-order valence-electron chi connectivity index (χ1n) is 12.3. The Hall–Kier alpha value is -2.82. The van der Waals surface area contributed by atoms with E-state index in [0.29, 0.717) is 22.6 Å². The van der Waals surface area contributed by atoms with Gasteiger partial charge in [0.05, 0.1) is 17.8 Å². The topological polar surface area (TPSA) is 61.8 Å². The molecule has 1 unspecified atom stereocenters. The molecule has 0 aromatic heterocycles. The number of esters is 2. The van der Waals surface area contributed by atoms with Crippen LogP contribution in [0, 0.1) is 0 Å². The van der Waals surface area contributed by atoms with Crippen LogP contribution in [-0.4, -0.2) is 24.1 Å². The molecule has 5 nitrogen and oxygen atoms in total. The van der Waals surface area contributed by atoms with Gasteiger partial charge in [-0.25, -0.2) is 9.59 Å². The highest BCUT2D eigenvalue weighted by molar-refractivity contribution is 5.94. The van der Waals surface area contributed by atoms with Crippen molar-refractivity contribution in [1.29, 1.82) is 0 Å². The number of rotatable bonds is 14. The highest BCUT2D eigenvalue weighted by atomic mass is 16.5. The van der Waals surface area contributed by atoms with Crippen molar-refractivity contribution in [3.63, 3.8) is 0 Å². The van der Waals surface area contributed by atoms with Gasteiger partial charge in [-0.1, -0.05) is 58.6 Å². The fourth-order valence-electron chi connectivity index (χ4n) is 3.58. The van der Waals surface area contributed by atoms with Crippen LogP contribution in [0.15, 0.2) is 48.5 Å². The fraction of sp³-hybridized carbons (Fsp3) is 0.500. The predicted molar refractivity (Wildman–Crippen MR) is 131 cm³/mol. The standard InChI is InChI=1S/C28H38O5/c1-5-8-9-10-14-21(4)31-27(29)22-17-19-24(20-18-22)33-28(30)25-15-11-12-16-26(25)32-23(7-3)13-6-2/h11-12,15-21,23H,5-10,13-14H2,1-4H3/t21?,23-/m0/s1. The minimum Gasteiger partial charge on any atom is -0.490 e. The van der Waals surface area contributed by atoms with Gasteiger partial charge >= 0.3 is 11.9 Å². The number of hydrogen-bond donors (Lipinski definition) is 0. The van der Waals surface area contributed by atoms with Gasteiger partial charge in [0, 0.05) is 0 Å². The van der Waals surface area contributed by atoms with Gasteiger partial charge in [0.25, 0.3) is 0 Å². The number of para-hydroxylation sites is 1. The molecule has 2 aromatic carbocycles. The Morgan fingerprint density at radius 2 is 1.55 bits per heavy atom. The zero-order valence-electron chi connectivity index (χ0n) is 20.5. The molecular weight excluding hydrogens is 416 g/mol. The van der Waals surface area contributed by atoms with E-state index in [1.165, 1.54) is 12.8 Å². The quantitative estimate of drug-likeness (QED) is 0.169. The predicted octanol–water partition coefficient (Wildman–Crippen LogP) is 7.38. The molecule has 33 heavy (non-hydrogen) atoms. The van der Waals surface area contributed by atoms with E-state index in [1.54, 1.807) is 42.5 Å². The van der Waals surface area contributed by atoms with Crippen LogP contribution in [0.1, 0.15) is 99.8 Å². The van der Waals surface area contributed by atoms with Crippen LogP contribution in [-0.2, 0) is 4.74 Å². The third kappa shape index (κ3) is 8.91. The van der Waals surface area contributed by atoms with Gasteiger partial charge < -0.3 is 14.2 Å². The lowest BCUT2D eigenvalue weighted by molar-refractivity contribution is 0.0319. The summed E-state index contributed by atoms with van der Waals surface area (Å²) in [6.07, 6.45) is 8.20. The molecule has 0 radical (unpaired) electrons. The van der Waals surface area contributed by atoms with Gasteiger partial charge in [-0.3, -0.25) is 0 Å². The third-order valence-corrected chi connectivity index (χ3v) is 5.54. The zero-order chi connectivity index (χ0) is 24.1. The molecule has 180 valence electrons. The molecule has 0 aliphatic heterocycles. The second kappa shape index (κ2) is 14.4. The zero-order valence-corrected chi connectivity index (χ0v) is 20.5. The summed E-state index contributed by atoms with van der Waals surface area (Å²) in [7, 11) is 0. The highest BCUT2D eigenvalue weighted by Gasteiger charge is 2.18. The first-order valence-corrected chi connectivity index (χ1v) is 12.3. The van der Waals surface area contributed by atoms with Crippen LogP contribution >= 0.6 is 0 Å². The summed E-state index contributed by atoms with van der Waals surface area (Å²) in [6.45, 7) is 8.27. The van der Waals surface area contributed by atoms with Gasteiger partial charge in [-0.05, 0) is 69.0 Å². The summed E-state index contributed by atoms with van der Waals surface area (Å²) >= 11 is 0. The van der Waals surface area contributed by atoms with Gasteiger partial charge in [0.1, 0.15) is 17.1 Å². The van der Waals surface area contributed by atoms with Crippen molar-refractivity contribution in [3.8, 4) is 11.5 Å². The second-order valence-electron chi connectivity index (χ2n) is 8.41. The molecule has 2 rings (SSSR count). The maximum atomic E-state index is 12.8. The first-order chi connectivity index (χ1) is 16.0. The maximum absolute atomic E-state index is 12.8. The van der Waals surface area contributed by atoms with Crippen LogP contribution in [0.4, 0.5) is 0 Å². The van der Waals surface area contributed by atoms with E-state index in [4.69, 9.17) is 14.2 Å². The summed E-state index contributed by atoms with van der Waals surface area (Å²) in [5.41, 5.74) is 0.816. The van der Waals surface area contributed by atoms with E-state index < -0.39 is 5.97 Å². The molecule has 2 aromatic rings. The summed E-state index contributed by atoms with van der Waals surface area (Å²) in [5.74, 6) is 0.0274. The average Bonchev–Trinajstić information content (AvgIpc) is 2.82. The average molecular weight is 455 g/mol.